The quantitative estimate of drug-likeness (QED) is 0.373. The van der Waals surface area contributed by atoms with E-state index in [2.05, 4.69) is 16.7 Å². The molecule has 0 aliphatic carbocycles. The van der Waals surface area contributed by atoms with E-state index in [9.17, 15) is 13.0 Å². The van der Waals surface area contributed by atoms with Gasteiger partial charge in [-0.3, -0.25) is 4.55 Å². The number of benzene rings is 2. The standard InChI is InChI=1S/C17H19O6PS.K.H/c1-13-5-9-15(10-6-13)16-11-7-14(8-12-16)3-2-4-17(23-24(18)19)25(20,21)22;;/h5-12,17H,2-4H2,1H3,(H-,18,19,20,21,22);;/q;+1;-1/p+1. The Hall–Kier alpha value is 0.00636. The molecule has 26 heavy (non-hydrogen) atoms. The molecule has 0 saturated heterocycles. The van der Waals surface area contributed by atoms with Crippen LogP contribution in [0.2, 0.25) is 0 Å². The van der Waals surface area contributed by atoms with Crippen molar-refractivity contribution in [3.63, 3.8) is 0 Å². The molecular weight excluding hydrogens is 402 g/mol. The minimum Gasteiger partial charge on any atom is -1.00 e. The Balaban J connectivity index is 0.00000338. The van der Waals surface area contributed by atoms with E-state index in [-0.39, 0.29) is 59.2 Å². The van der Waals surface area contributed by atoms with Gasteiger partial charge in [-0.2, -0.15) is 8.42 Å². The van der Waals surface area contributed by atoms with Gasteiger partial charge < -0.3 is 1.43 Å². The molecule has 2 unspecified atom stereocenters. The monoisotopic (exact) mass is 423 g/mol. The number of aryl methyl sites for hydroxylation is 2. The largest absolute Gasteiger partial charge is 1.00 e. The second-order valence-electron chi connectivity index (χ2n) is 5.74. The van der Waals surface area contributed by atoms with Crippen LogP contribution in [-0.2, 0) is 25.6 Å². The van der Waals surface area contributed by atoms with Crippen LogP contribution in [0.3, 0.4) is 0 Å². The van der Waals surface area contributed by atoms with Crippen molar-refractivity contribution in [1.82, 2.24) is 0 Å². The summed E-state index contributed by atoms with van der Waals surface area (Å²) in [7, 11) is -7.62. The Kier molecular flexibility index (Phi) is 10.3. The van der Waals surface area contributed by atoms with Gasteiger partial charge in [-0.05, 0) is 42.9 Å². The molecule has 0 spiro atoms. The van der Waals surface area contributed by atoms with Gasteiger partial charge in [-0.25, -0.2) is 0 Å². The van der Waals surface area contributed by atoms with E-state index in [1.807, 2.05) is 43.3 Å². The van der Waals surface area contributed by atoms with Crippen LogP contribution in [0.5, 0.6) is 0 Å². The Morgan fingerprint density at radius 2 is 1.58 bits per heavy atom. The van der Waals surface area contributed by atoms with Crippen molar-refractivity contribution in [3.05, 3.63) is 59.7 Å². The molecule has 0 aliphatic heterocycles. The number of hydrogen-bond acceptors (Lipinski definition) is 4. The van der Waals surface area contributed by atoms with Gasteiger partial charge >= 0.3 is 59.6 Å². The molecular formula is C17H21KO6PS+. The topological polar surface area (TPSA) is 101 Å². The third kappa shape index (κ3) is 7.94. The zero-order valence-corrected chi connectivity index (χ0v) is 19.5. The van der Waals surface area contributed by atoms with Crippen molar-refractivity contribution >= 4 is 18.4 Å². The predicted octanol–water partition coefficient (Wildman–Crippen LogP) is 0.981. The Bertz CT molecular complexity index is 828. The molecule has 0 bridgehead atoms. The number of rotatable bonds is 8. The summed E-state index contributed by atoms with van der Waals surface area (Å²) >= 11 is 0. The zero-order chi connectivity index (χ0) is 18.4. The summed E-state index contributed by atoms with van der Waals surface area (Å²) in [4.78, 5) is 8.67. The van der Waals surface area contributed by atoms with Crippen molar-refractivity contribution in [2.75, 3.05) is 0 Å². The first-order valence-electron chi connectivity index (χ1n) is 7.71. The van der Waals surface area contributed by atoms with Gasteiger partial charge in [0.15, 0.2) is 0 Å². The molecule has 2 N–H and O–H groups in total. The number of hydrogen-bond donors (Lipinski definition) is 2. The summed E-state index contributed by atoms with van der Waals surface area (Å²) in [5.74, 6) is 0. The smallest absolute Gasteiger partial charge is 1.00 e. The maximum absolute atomic E-state index is 11.1. The van der Waals surface area contributed by atoms with E-state index in [0.29, 0.717) is 12.8 Å². The van der Waals surface area contributed by atoms with Crippen molar-refractivity contribution in [3.8, 4) is 11.1 Å². The molecule has 9 heteroatoms. The fourth-order valence-electron chi connectivity index (χ4n) is 2.44. The molecule has 2 aromatic rings. The molecule has 0 radical (unpaired) electrons. The maximum Gasteiger partial charge on any atom is 1.00 e. The van der Waals surface area contributed by atoms with Crippen LogP contribution in [0.1, 0.15) is 25.4 Å². The second-order valence-corrected chi connectivity index (χ2v) is 7.99. The van der Waals surface area contributed by atoms with E-state index < -0.39 is 23.8 Å². The summed E-state index contributed by atoms with van der Waals surface area (Å²) < 4.78 is 46.3. The molecule has 0 heterocycles. The Morgan fingerprint density at radius 3 is 2.04 bits per heavy atom. The molecule has 2 rings (SSSR count). The normalized spacial score (nSPS) is 13.0. The van der Waals surface area contributed by atoms with Crippen molar-refractivity contribution < 1.29 is 79.8 Å². The van der Waals surface area contributed by atoms with Gasteiger partial charge in [-0.15, -0.1) is 4.89 Å². The van der Waals surface area contributed by atoms with Crippen molar-refractivity contribution in [1.29, 1.82) is 0 Å². The summed E-state index contributed by atoms with van der Waals surface area (Å²) in [5.41, 5.74) is 2.70. The van der Waals surface area contributed by atoms with Crippen LogP contribution >= 0.6 is 8.25 Å². The second kappa shape index (κ2) is 11.1. The first kappa shape index (κ1) is 24.0. The van der Waals surface area contributed by atoms with Crippen LogP contribution in [-0.4, -0.2) is 23.3 Å². The molecule has 2 aromatic carbocycles. The Morgan fingerprint density at radius 1 is 1.08 bits per heavy atom. The fraction of sp³-hybridized carbons (Fsp3) is 0.294. The summed E-state index contributed by atoms with van der Waals surface area (Å²) in [6.45, 7) is 2.03. The molecule has 6 nitrogen and oxygen atoms in total. The van der Waals surface area contributed by atoms with Crippen LogP contribution in [0, 0.1) is 6.92 Å². The van der Waals surface area contributed by atoms with Crippen molar-refractivity contribution in [2.45, 2.75) is 31.6 Å². The molecule has 0 aromatic heterocycles. The molecule has 0 fully saturated rings. The van der Waals surface area contributed by atoms with E-state index in [1.165, 1.54) is 5.56 Å². The summed E-state index contributed by atoms with van der Waals surface area (Å²) in [6, 6.07) is 16.1. The molecule has 2 atom stereocenters. The van der Waals surface area contributed by atoms with E-state index in [0.717, 1.165) is 16.7 Å². The predicted molar refractivity (Wildman–Crippen MR) is 96.9 cm³/mol. The molecule has 136 valence electrons. The van der Waals surface area contributed by atoms with Crippen LogP contribution < -0.4 is 51.4 Å². The van der Waals surface area contributed by atoms with Gasteiger partial charge in [0.2, 0.25) is 5.44 Å². The first-order valence-corrected chi connectivity index (χ1v) is 10.3. The zero-order valence-electron chi connectivity index (χ0n) is 15.7. The summed E-state index contributed by atoms with van der Waals surface area (Å²) in [5, 5.41) is 0. The minimum atomic E-state index is -4.53. The fourth-order valence-corrected chi connectivity index (χ4v) is 3.87. The minimum absolute atomic E-state index is 0. The van der Waals surface area contributed by atoms with Gasteiger partial charge in [-0.1, -0.05) is 58.6 Å². The van der Waals surface area contributed by atoms with E-state index in [1.54, 1.807) is 0 Å². The third-order valence-corrected chi connectivity index (χ3v) is 5.36. The SMILES string of the molecule is Cc1ccc(-c2ccc(CCCC(O[P+](=O)O)S(=O)(=O)O)cc2)cc1.[H-].[K+]. The average molecular weight is 423 g/mol. The van der Waals surface area contributed by atoms with Crippen LogP contribution in [0.15, 0.2) is 48.5 Å². The first-order chi connectivity index (χ1) is 11.8. The van der Waals surface area contributed by atoms with Crippen molar-refractivity contribution in [2.24, 2.45) is 0 Å². The summed E-state index contributed by atoms with van der Waals surface area (Å²) in [6.07, 6.45) is 0.878. The molecule has 0 saturated carbocycles. The van der Waals surface area contributed by atoms with Gasteiger partial charge in [0.05, 0.1) is 0 Å². The molecule has 0 amide bonds. The van der Waals surface area contributed by atoms with Gasteiger partial charge in [0.25, 0.3) is 10.1 Å². The van der Waals surface area contributed by atoms with Crippen LogP contribution in [0.4, 0.5) is 0 Å². The maximum atomic E-state index is 11.1. The van der Waals surface area contributed by atoms with Gasteiger partial charge in [0.1, 0.15) is 0 Å². The third-order valence-electron chi connectivity index (χ3n) is 3.78. The van der Waals surface area contributed by atoms with E-state index >= 15 is 0 Å². The molecule has 0 aliphatic rings. The van der Waals surface area contributed by atoms with E-state index in [4.69, 9.17) is 9.45 Å². The van der Waals surface area contributed by atoms with Gasteiger partial charge in [0, 0.05) is 4.57 Å². The Labute approximate surface area is 198 Å². The average Bonchev–Trinajstić information content (AvgIpc) is 2.54. The van der Waals surface area contributed by atoms with Crippen LogP contribution in [0.25, 0.3) is 11.1 Å².